The maximum Gasteiger partial charge on any atom is 0.101 e. The van der Waals surface area contributed by atoms with Crippen molar-refractivity contribution in [1.82, 2.24) is 9.61 Å². The normalized spacial score (nSPS) is 13.6. The molecule has 0 fully saturated rings. The molecule has 0 N–H and O–H groups in total. The first kappa shape index (κ1) is 46.3. The van der Waals surface area contributed by atoms with Crippen molar-refractivity contribution in [2.45, 2.75) is 10.8 Å². The summed E-state index contributed by atoms with van der Waals surface area (Å²) in [6.07, 6.45) is 0. The lowest BCUT2D eigenvalue weighted by Crippen LogP contribution is -2.28. The van der Waals surface area contributed by atoms with E-state index in [2.05, 4.69) is 319 Å². The maximum atomic E-state index is 5.60. The molecule has 0 unspecified atom stereocenters. The Labute approximate surface area is 477 Å². The number of hydrogen-bond donors (Lipinski definition) is 0. The Hall–Kier alpha value is -10.6. The Morgan fingerprint density at radius 3 is 1.26 bits per heavy atom. The van der Waals surface area contributed by atoms with Crippen LogP contribution in [0.1, 0.15) is 44.5 Å². The molecule has 0 amide bonds. The second kappa shape index (κ2) is 18.0. The van der Waals surface area contributed by atoms with Crippen LogP contribution in [0, 0.1) is 0 Å². The van der Waals surface area contributed by atoms with Crippen LogP contribution in [0.3, 0.4) is 0 Å². The second-order valence-electron chi connectivity index (χ2n) is 22.0. The van der Waals surface area contributed by atoms with Crippen LogP contribution >= 0.6 is 0 Å². The van der Waals surface area contributed by atoms with Crippen molar-refractivity contribution in [3.63, 3.8) is 0 Å². The summed E-state index contributed by atoms with van der Waals surface area (Å²) in [6.45, 7) is 0. The summed E-state index contributed by atoms with van der Waals surface area (Å²) in [7, 11) is 0. The highest BCUT2D eigenvalue weighted by atomic mass is 15.2. The van der Waals surface area contributed by atoms with Crippen LogP contribution in [-0.2, 0) is 10.8 Å². The Kier molecular flexibility index (Phi) is 10.1. The monoisotopic (exact) mass is 1040 g/mol. The molecule has 0 saturated heterocycles. The van der Waals surface area contributed by atoms with Crippen molar-refractivity contribution in [2.24, 2.45) is 0 Å². The quantitative estimate of drug-likeness (QED) is 0.151. The molecule has 0 aliphatic heterocycles. The molecular weight excluding hydrogens is 991 g/mol. The lowest BCUT2D eigenvalue weighted by molar-refractivity contribution is 0.768. The summed E-state index contributed by atoms with van der Waals surface area (Å²) in [6, 6.07) is 115. The number of hydrogen-bond acceptors (Lipinski definition) is 2. The van der Waals surface area contributed by atoms with Crippen LogP contribution in [0.5, 0.6) is 0 Å². The van der Waals surface area contributed by atoms with Gasteiger partial charge in [-0.15, -0.1) is 0 Å². The number of nitrogens with zero attached hydrogens (tertiary/aromatic N) is 3. The van der Waals surface area contributed by atoms with Gasteiger partial charge in [-0.05, 0) is 108 Å². The molecule has 3 heteroatoms. The Morgan fingerprint density at radius 2 is 0.720 bits per heavy atom. The van der Waals surface area contributed by atoms with Gasteiger partial charge in [0.25, 0.3) is 0 Å². The highest BCUT2D eigenvalue weighted by Gasteiger charge is 2.53. The van der Waals surface area contributed by atoms with Gasteiger partial charge in [0.2, 0.25) is 0 Å². The Morgan fingerprint density at radius 1 is 0.305 bits per heavy atom. The SMILES string of the molecule is c1ccc(-c2nn3c(-c4ccccc4)cc4cc(N(c5cccc6c5-c5ccccc5C6(c5ccccc5)c5ccccc5)c5cccc6c5-c5ccccc5C65c6ccccc6-c6ccccc65)ccc4c3c2-c2ccccc2)cc1. The van der Waals surface area contributed by atoms with E-state index in [0.717, 1.165) is 67.0 Å². The van der Waals surface area contributed by atoms with E-state index >= 15 is 0 Å². The molecule has 12 aromatic carbocycles. The van der Waals surface area contributed by atoms with Crippen molar-refractivity contribution >= 4 is 33.4 Å². The summed E-state index contributed by atoms with van der Waals surface area (Å²) in [4.78, 5) is 2.61. The second-order valence-corrected chi connectivity index (χ2v) is 22.0. The molecule has 3 aliphatic carbocycles. The molecule has 0 radical (unpaired) electrons. The first-order valence-electron chi connectivity index (χ1n) is 28.5. The summed E-state index contributed by atoms with van der Waals surface area (Å²) < 4.78 is 2.20. The average molecular weight is 1040 g/mol. The van der Waals surface area contributed by atoms with E-state index < -0.39 is 10.8 Å². The summed E-state index contributed by atoms with van der Waals surface area (Å²) >= 11 is 0. The van der Waals surface area contributed by atoms with Crippen LogP contribution in [-0.4, -0.2) is 9.61 Å². The van der Waals surface area contributed by atoms with Crippen LogP contribution < -0.4 is 4.90 Å². The molecule has 382 valence electrons. The predicted molar refractivity (Wildman–Crippen MR) is 337 cm³/mol. The van der Waals surface area contributed by atoms with E-state index in [4.69, 9.17) is 5.10 Å². The third kappa shape index (κ3) is 6.33. The van der Waals surface area contributed by atoms with E-state index in [9.17, 15) is 0 Å². The van der Waals surface area contributed by atoms with E-state index in [1.165, 1.54) is 77.9 Å². The van der Waals surface area contributed by atoms with Gasteiger partial charge in [0, 0.05) is 38.9 Å². The largest absolute Gasteiger partial charge is 0.309 e. The standard InChI is InChI=1S/C79H51N3/c1-6-26-52(27-7-1)72-51-55-50-58(48-49-59(55)77-73(53-28-8-2-9-29-53)76(80-82(72)77)54-30-10-3-11-31-54)81(70-46-24-44-68-74(70)62-38-18-22-42-66(62)78(68,56-32-12-4-13-33-56)57-34-14-5-15-35-57)71-47-25-45-69-75(71)63-39-19-23-43-67(63)79(69)64-40-20-16-36-60(64)61-37-17-21-41-65(61)79/h1-51H. The predicted octanol–water partition coefficient (Wildman–Crippen LogP) is 19.7. The molecule has 0 bridgehead atoms. The third-order valence-electron chi connectivity index (χ3n) is 18.1. The van der Waals surface area contributed by atoms with Crippen molar-refractivity contribution in [3.05, 3.63) is 354 Å². The highest BCUT2D eigenvalue weighted by Crippen LogP contribution is 2.66. The fourth-order valence-corrected chi connectivity index (χ4v) is 14.9. The first-order valence-corrected chi connectivity index (χ1v) is 28.5. The van der Waals surface area contributed by atoms with E-state index in [0.29, 0.717) is 0 Å². The van der Waals surface area contributed by atoms with Gasteiger partial charge in [0.15, 0.2) is 0 Å². The minimum atomic E-state index is -0.603. The first-order chi connectivity index (χ1) is 40.7. The number of benzene rings is 12. The highest BCUT2D eigenvalue weighted by molar-refractivity contribution is 6.11. The molecule has 3 nitrogen and oxygen atoms in total. The molecule has 0 atom stereocenters. The molecule has 1 spiro atoms. The van der Waals surface area contributed by atoms with Gasteiger partial charge < -0.3 is 4.90 Å². The lowest BCUT2D eigenvalue weighted by Gasteiger charge is -2.35. The van der Waals surface area contributed by atoms with Gasteiger partial charge in [0.1, 0.15) is 5.69 Å². The van der Waals surface area contributed by atoms with Gasteiger partial charge in [-0.3, -0.25) is 0 Å². The topological polar surface area (TPSA) is 20.5 Å². The fraction of sp³-hybridized carbons (Fsp3) is 0.0253. The number of pyridine rings is 1. The van der Waals surface area contributed by atoms with Crippen molar-refractivity contribution < 1.29 is 0 Å². The minimum absolute atomic E-state index is 0.534. The molecule has 3 aliphatic rings. The molecule has 0 saturated carbocycles. The van der Waals surface area contributed by atoms with Crippen LogP contribution in [0.15, 0.2) is 309 Å². The van der Waals surface area contributed by atoms with Gasteiger partial charge in [0.05, 0.1) is 33.4 Å². The average Bonchev–Trinajstić information content (AvgIpc) is 2.58. The van der Waals surface area contributed by atoms with E-state index in [1.807, 2.05) is 0 Å². The molecule has 82 heavy (non-hydrogen) atoms. The number of anilines is 3. The molecular formula is C79H51N3. The van der Waals surface area contributed by atoms with Gasteiger partial charge in [-0.1, -0.05) is 279 Å². The van der Waals surface area contributed by atoms with Gasteiger partial charge in [-0.25, -0.2) is 4.52 Å². The molecule has 2 aromatic heterocycles. The minimum Gasteiger partial charge on any atom is -0.309 e. The number of rotatable bonds is 8. The van der Waals surface area contributed by atoms with Crippen molar-refractivity contribution in [2.75, 3.05) is 4.90 Å². The Balaban J connectivity index is 1.00. The zero-order chi connectivity index (χ0) is 53.9. The maximum absolute atomic E-state index is 5.60. The zero-order valence-corrected chi connectivity index (χ0v) is 44.8. The molecule has 2 heterocycles. The zero-order valence-electron chi connectivity index (χ0n) is 44.8. The number of aromatic nitrogens is 2. The molecule has 14 aromatic rings. The van der Waals surface area contributed by atoms with Crippen molar-refractivity contribution in [1.29, 1.82) is 0 Å². The van der Waals surface area contributed by atoms with Crippen LogP contribution in [0.2, 0.25) is 0 Å². The smallest absolute Gasteiger partial charge is 0.101 e. The summed E-state index contributed by atoms with van der Waals surface area (Å²) in [5, 5.41) is 7.83. The third-order valence-corrected chi connectivity index (χ3v) is 18.1. The Bertz CT molecular complexity index is 4670. The summed E-state index contributed by atoms with van der Waals surface area (Å²) in [5.74, 6) is 0. The van der Waals surface area contributed by atoms with Crippen molar-refractivity contribution in [3.8, 4) is 67.0 Å². The van der Waals surface area contributed by atoms with Crippen LogP contribution in [0.25, 0.3) is 83.3 Å². The van der Waals surface area contributed by atoms with E-state index in [-0.39, 0.29) is 0 Å². The fourth-order valence-electron chi connectivity index (χ4n) is 14.9. The number of fused-ring (bicyclic) bond motifs is 16. The van der Waals surface area contributed by atoms with Gasteiger partial charge in [-0.2, -0.15) is 5.10 Å². The van der Waals surface area contributed by atoms with E-state index in [1.54, 1.807) is 0 Å². The summed E-state index contributed by atoms with van der Waals surface area (Å²) in [5.41, 5.74) is 27.3. The van der Waals surface area contributed by atoms with Gasteiger partial charge >= 0.3 is 0 Å². The molecule has 17 rings (SSSR count). The van der Waals surface area contributed by atoms with Crippen LogP contribution in [0.4, 0.5) is 17.1 Å². The lowest BCUT2D eigenvalue weighted by atomic mass is 9.68.